The Labute approximate surface area is 87.6 Å². The van der Waals surface area contributed by atoms with E-state index in [1.807, 2.05) is 0 Å². The fraction of sp³-hybridized carbons (Fsp3) is 1.00. The van der Waals surface area contributed by atoms with Crippen molar-refractivity contribution in [1.82, 2.24) is 4.90 Å². The molecule has 1 fully saturated rings. The molecule has 0 aromatic heterocycles. The van der Waals surface area contributed by atoms with Gasteiger partial charge in [0.25, 0.3) is 0 Å². The monoisotopic (exact) mass is 200 g/mol. The molecule has 0 spiro atoms. The van der Waals surface area contributed by atoms with E-state index in [-0.39, 0.29) is 0 Å². The van der Waals surface area contributed by atoms with Crippen molar-refractivity contribution < 1.29 is 4.74 Å². The second kappa shape index (κ2) is 6.38. The first-order chi connectivity index (χ1) is 6.75. The third-order valence-electron chi connectivity index (χ3n) is 3.13. The van der Waals surface area contributed by atoms with Crippen LogP contribution in [0.2, 0.25) is 0 Å². The van der Waals surface area contributed by atoms with Gasteiger partial charge in [-0.1, -0.05) is 6.42 Å². The van der Waals surface area contributed by atoms with Crippen molar-refractivity contribution in [1.29, 1.82) is 0 Å². The number of rotatable bonds is 5. The van der Waals surface area contributed by atoms with Crippen molar-refractivity contribution in [3.05, 3.63) is 0 Å². The van der Waals surface area contributed by atoms with Gasteiger partial charge in [0.2, 0.25) is 0 Å². The zero-order valence-corrected chi connectivity index (χ0v) is 9.54. The highest BCUT2D eigenvalue weighted by atomic mass is 16.5. The maximum Gasteiger partial charge on any atom is 0.0594 e. The summed E-state index contributed by atoms with van der Waals surface area (Å²) in [7, 11) is 0. The van der Waals surface area contributed by atoms with Gasteiger partial charge in [-0.05, 0) is 26.7 Å². The van der Waals surface area contributed by atoms with Crippen LogP contribution < -0.4 is 5.73 Å². The number of hydrogen-bond acceptors (Lipinski definition) is 3. The molecular weight excluding hydrogens is 176 g/mol. The minimum atomic E-state index is 0.630. The van der Waals surface area contributed by atoms with Gasteiger partial charge in [-0.25, -0.2) is 0 Å². The molecule has 3 nitrogen and oxygen atoms in total. The second-order valence-corrected chi connectivity index (χ2v) is 4.27. The first kappa shape index (κ1) is 12.0. The lowest BCUT2D eigenvalue weighted by atomic mass is 9.98. The molecule has 0 aliphatic carbocycles. The zero-order chi connectivity index (χ0) is 10.4. The van der Waals surface area contributed by atoms with Crippen LogP contribution in [0.5, 0.6) is 0 Å². The highest BCUT2D eigenvalue weighted by molar-refractivity contribution is 4.79. The number of hydrogen-bond donors (Lipinski definition) is 1. The Balaban J connectivity index is 2.19. The molecular formula is C11H24N2O. The number of piperidine rings is 1. The molecule has 3 heteroatoms. The van der Waals surface area contributed by atoms with Crippen LogP contribution in [0, 0.1) is 0 Å². The Bertz CT molecular complexity index is 142. The van der Waals surface area contributed by atoms with Crippen molar-refractivity contribution in [2.45, 2.75) is 45.2 Å². The van der Waals surface area contributed by atoms with Gasteiger partial charge < -0.3 is 10.5 Å². The van der Waals surface area contributed by atoms with Crippen LogP contribution in [0.1, 0.15) is 33.1 Å². The molecule has 1 heterocycles. The second-order valence-electron chi connectivity index (χ2n) is 4.27. The molecule has 2 atom stereocenters. The predicted octanol–water partition coefficient (Wildman–Crippen LogP) is 1.22. The fourth-order valence-electron chi connectivity index (χ4n) is 2.27. The highest BCUT2D eigenvalue weighted by Gasteiger charge is 2.23. The van der Waals surface area contributed by atoms with Crippen LogP contribution in [0.3, 0.4) is 0 Å². The van der Waals surface area contributed by atoms with Gasteiger partial charge in [0.1, 0.15) is 0 Å². The Morgan fingerprint density at radius 2 is 1.86 bits per heavy atom. The summed E-state index contributed by atoms with van der Waals surface area (Å²) >= 11 is 0. The summed E-state index contributed by atoms with van der Waals surface area (Å²) in [6, 6.07) is 1.44. The van der Waals surface area contributed by atoms with Gasteiger partial charge in [0.15, 0.2) is 0 Å². The normalized spacial score (nSPS) is 29.4. The van der Waals surface area contributed by atoms with Gasteiger partial charge in [0, 0.05) is 25.2 Å². The molecule has 0 unspecified atom stereocenters. The van der Waals surface area contributed by atoms with Gasteiger partial charge in [-0.2, -0.15) is 0 Å². The third-order valence-corrected chi connectivity index (χ3v) is 3.13. The highest BCUT2D eigenvalue weighted by Crippen LogP contribution is 2.21. The molecule has 84 valence electrons. The molecule has 0 saturated carbocycles. The summed E-state index contributed by atoms with van der Waals surface area (Å²) in [5, 5.41) is 0. The average Bonchev–Trinajstić information content (AvgIpc) is 2.16. The van der Waals surface area contributed by atoms with Crippen molar-refractivity contribution in [3.63, 3.8) is 0 Å². The summed E-state index contributed by atoms with van der Waals surface area (Å²) < 4.78 is 5.42. The van der Waals surface area contributed by atoms with Crippen molar-refractivity contribution >= 4 is 0 Å². The molecule has 1 rings (SSSR count). The molecule has 1 saturated heterocycles. The number of likely N-dealkylation sites (tertiary alicyclic amines) is 1. The Hall–Kier alpha value is -0.120. The summed E-state index contributed by atoms with van der Waals surface area (Å²) in [4.78, 5) is 2.56. The SMILES string of the molecule is C[C@@H]1CCC[C@H](C)N1CCOCCN. The van der Waals surface area contributed by atoms with E-state index in [1.165, 1.54) is 19.3 Å². The molecule has 0 aromatic carbocycles. The van der Waals surface area contributed by atoms with Gasteiger partial charge >= 0.3 is 0 Å². The quantitative estimate of drug-likeness (QED) is 0.678. The van der Waals surface area contributed by atoms with Crippen molar-refractivity contribution in [2.24, 2.45) is 5.73 Å². The zero-order valence-electron chi connectivity index (χ0n) is 9.54. The van der Waals surface area contributed by atoms with Crippen LogP contribution in [-0.2, 0) is 4.74 Å². The Kier molecular flexibility index (Phi) is 5.45. The molecule has 0 radical (unpaired) electrons. The lowest BCUT2D eigenvalue weighted by molar-refractivity contribution is 0.0520. The smallest absolute Gasteiger partial charge is 0.0594 e. The molecule has 1 aliphatic heterocycles. The summed E-state index contributed by atoms with van der Waals surface area (Å²) in [5.74, 6) is 0. The maximum absolute atomic E-state index is 5.42. The van der Waals surface area contributed by atoms with Crippen LogP contribution in [0.4, 0.5) is 0 Å². The number of nitrogens with two attached hydrogens (primary N) is 1. The van der Waals surface area contributed by atoms with E-state index in [9.17, 15) is 0 Å². The predicted molar refractivity (Wildman–Crippen MR) is 59.4 cm³/mol. The molecule has 2 N–H and O–H groups in total. The number of ether oxygens (including phenoxy) is 1. The summed E-state index contributed by atoms with van der Waals surface area (Å²) in [6.45, 7) is 7.84. The van der Waals surface area contributed by atoms with Crippen LogP contribution in [-0.4, -0.2) is 43.3 Å². The van der Waals surface area contributed by atoms with Crippen molar-refractivity contribution in [3.8, 4) is 0 Å². The van der Waals surface area contributed by atoms with E-state index in [0.29, 0.717) is 13.2 Å². The minimum absolute atomic E-state index is 0.630. The molecule has 0 bridgehead atoms. The van der Waals surface area contributed by atoms with Crippen LogP contribution in [0.15, 0.2) is 0 Å². The van der Waals surface area contributed by atoms with Gasteiger partial charge in [-0.3, -0.25) is 4.90 Å². The molecule has 14 heavy (non-hydrogen) atoms. The lowest BCUT2D eigenvalue weighted by Gasteiger charge is -2.38. The third kappa shape index (κ3) is 3.56. The first-order valence-electron chi connectivity index (χ1n) is 5.79. The topological polar surface area (TPSA) is 38.5 Å². The summed E-state index contributed by atoms with van der Waals surface area (Å²) in [6.07, 6.45) is 4.05. The average molecular weight is 200 g/mol. The van der Waals surface area contributed by atoms with E-state index in [2.05, 4.69) is 18.7 Å². The number of nitrogens with zero attached hydrogens (tertiary/aromatic N) is 1. The molecule has 1 aliphatic rings. The summed E-state index contributed by atoms with van der Waals surface area (Å²) in [5.41, 5.74) is 5.36. The Morgan fingerprint density at radius 3 is 2.43 bits per heavy atom. The van der Waals surface area contributed by atoms with Crippen LogP contribution in [0.25, 0.3) is 0 Å². The standard InChI is InChI=1S/C11H24N2O/c1-10-4-3-5-11(2)13(10)7-9-14-8-6-12/h10-11H,3-9,12H2,1-2H3/t10-,11+. The Morgan fingerprint density at radius 1 is 1.21 bits per heavy atom. The van der Waals surface area contributed by atoms with Gasteiger partial charge in [-0.15, -0.1) is 0 Å². The first-order valence-corrected chi connectivity index (χ1v) is 5.79. The van der Waals surface area contributed by atoms with Gasteiger partial charge in [0.05, 0.1) is 13.2 Å². The largest absolute Gasteiger partial charge is 0.379 e. The molecule has 0 aromatic rings. The van der Waals surface area contributed by atoms with Crippen LogP contribution >= 0.6 is 0 Å². The van der Waals surface area contributed by atoms with E-state index in [0.717, 1.165) is 25.2 Å². The fourth-order valence-corrected chi connectivity index (χ4v) is 2.27. The molecule has 0 amide bonds. The lowest BCUT2D eigenvalue weighted by Crippen LogP contribution is -2.45. The van der Waals surface area contributed by atoms with E-state index in [4.69, 9.17) is 10.5 Å². The van der Waals surface area contributed by atoms with E-state index in [1.54, 1.807) is 0 Å². The van der Waals surface area contributed by atoms with E-state index < -0.39 is 0 Å². The van der Waals surface area contributed by atoms with E-state index >= 15 is 0 Å². The minimum Gasteiger partial charge on any atom is -0.379 e. The maximum atomic E-state index is 5.42. The van der Waals surface area contributed by atoms with Crippen molar-refractivity contribution in [2.75, 3.05) is 26.3 Å².